The van der Waals surface area contributed by atoms with Crippen molar-refractivity contribution in [2.24, 2.45) is 0 Å². The summed E-state index contributed by atoms with van der Waals surface area (Å²) in [7, 11) is 0. The first kappa shape index (κ1) is 52.0. The highest BCUT2D eigenvalue weighted by Crippen LogP contribution is 2.31. The van der Waals surface area contributed by atoms with Crippen LogP contribution in [0.15, 0.2) is 120 Å². The van der Waals surface area contributed by atoms with Crippen LogP contribution in [-0.2, 0) is 0 Å². The van der Waals surface area contributed by atoms with Crippen LogP contribution in [-0.4, -0.2) is 37.1 Å². The molecule has 0 saturated carbocycles. The van der Waals surface area contributed by atoms with Gasteiger partial charge in [-0.05, 0) is 138 Å². The van der Waals surface area contributed by atoms with Crippen LogP contribution in [0, 0.1) is 0 Å². The van der Waals surface area contributed by atoms with Crippen LogP contribution in [0.1, 0.15) is 171 Å². The van der Waals surface area contributed by atoms with E-state index in [9.17, 15) is 19.2 Å². The topological polar surface area (TPSA) is 124 Å². The zero-order valence-electron chi connectivity index (χ0n) is 39.1. The lowest BCUT2D eigenvalue weighted by molar-refractivity contribution is 0.0722. The minimum Gasteiger partial charge on any atom is -0.494 e. The van der Waals surface area contributed by atoms with Crippen molar-refractivity contribution >= 4 is 39.8 Å². The van der Waals surface area contributed by atoms with Crippen molar-refractivity contribution in [1.29, 1.82) is 0 Å². The number of esters is 4. The standard InChI is InChI=1S/C56H65BrO10/c1-3-5-7-9-11-13-15-17-19-39-62-46-29-21-42(22-30-46)53(58)64-48-33-25-44(26-34-48)55(60)66-50-37-38-51(57)52(41-50)67-56(61)45-27-35-49(36-28-45)65-54(59)43-23-31-47(32-24-43)63-40-20-18-16-14-12-10-8-6-4-2/h21-38,41H,3-20,39-40H2,1-2H3. The van der Waals surface area contributed by atoms with Gasteiger partial charge in [0.2, 0.25) is 0 Å². The summed E-state index contributed by atoms with van der Waals surface area (Å²) in [6.07, 6.45) is 22.4. The number of carbonyl (C=O) groups excluding carboxylic acids is 4. The Morgan fingerprint density at radius 1 is 0.343 bits per heavy atom. The Morgan fingerprint density at radius 2 is 0.627 bits per heavy atom. The molecule has 0 aromatic heterocycles. The zero-order chi connectivity index (χ0) is 47.5. The lowest BCUT2D eigenvalue weighted by atomic mass is 10.1. The summed E-state index contributed by atoms with van der Waals surface area (Å²) in [5, 5.41) is 0. The molecule has 67 heavy (non-hydrogen) atoms. The van der Waals surface area contributed by atoms with Gasteiger partial charge in [0.05, 0.1) is 39.9 Å². The van der Waals surface area contributed by atoms with Crippen LogP contribution in [0.25, 0.3) is 0 Å². The van der Waals surface area contributed by atoms with Crippen molar-refractivity contribution in [3.05, 3.63) is 142 Å². The number of benzene rings is 5. The van der Waals surface area contributed by atoms with E-state index < -0.39 is 23.9 Å². The van der Waals surface area contributed by atoms with Crippen LogP contribution < -0.4 is 28.4 Å². The summed E-state index contributed by atoms with van der Waals surface area (Å²) >= 11 is 3.38. The molecule has 0 radical (unpaired) electrons. The van der Waals surface area contributed by atoms with Crippen molar-refractivity contribution < 1.29 is 47.6 Å². The molecule has 0 aliphatic heterocycles. The highest BCUT2D eigenvalue weighted by molar-refractivity contribution is 9.10. The monoisotopic (exact) mass is 976 g/mol. The number of ether oxygens (including phenoxy) is 6. The molecule has 356 valence electrons. The Labute approximate surface area is 404 Å². The Balaban J connectivity index is 1.01. The minimum atomic E-state index is -0.682. The van der Waals surface area contributed by atoms with E-state index in [1.807, 2.05) is 0 Å². The molecule has 5 aromatic carbocycles. The number of rotatable bonds is 30. The lowest BCUT2D eigenvalue weighted by Gasteiger charge is -2.10. The Bertz CT molecular complexity index is 2250. The summed E-state index contributed by atoms with van der Waals surface area (Å²) in [6, 6.07) is 30.2. The van der Waals surface area contributed by atoms with E-state index >= 15 is 0 Å². The van der Waals surface area contributed by atoms with Gasteiger partial charge >= 0.3 is 23.9 Å². The third-order valence-corrected chi connectivity index (χ3v) is 11.8. The molecule has 0 atom stereocenters. The molecule has 0 saturated heterocycles. The van der Waals surface area contributed by atoms with Gasteiger partial charge in [0.25, 0.3) is 0 Å². The van der Waals surface area contributed by atoms with Crippen molar-refractivity contribution in [1.82, 2.24) is 0 Å². The second-order valence-electron chi connectivity index (χ2n) is 16.6. The first-order valence-corrected chi connectivity index (χ1v) is 24.9. The summed E-state index contributed by atoms with van der Waals surface area (Å²) in [4.78, 5) is 51.8. The fraction of sp³-hybridized carbons (Fsp3) is 0.393. The van der Waals surface area contributed by atoms with E-state index in [-0.39, 0.29) is 34.1 Å². The molecule has 0 fully saturated rings. The maximum Gasteiger partial charge on any atom is 0.343 e. The largest absolute Gasteiger partial charge is 0.494 e. The summed E-state index contributed by atoms with van der Waals surface area (Å²) in [6.45, 7) is 5.74. The maximum atomic E-state index is 13.1. The normalized spacial score (nSPS) is 10.9. The van der Waals surface area contributed by atoms with Crippen molar-refractivity contribution in [2.45, 2.75) is 129 Å². The van der Waals surface area contributed by atoms with E-state index in [1.54, 1.807) is 60.7 Å². The van der Waals surface area contributed by atoms with E-state index in [4.69, 9.17) is 28.4 Å². The molecule has 0 N–H and O–H groups in total. The maximum absolute atomic E-state index is 13.1. The molecular weight excluding hydrogens is 913 g/mol. The highest BCUT2D eigenvalue weighted by Gasteiger charge is 2.17. The average Bonchev–Trinajstić information content (AvgIpc) is 3.34. The van der Waals surface area contributed by atoms with Gasteiger partial charge in [0.1, 0.15) is 34.5 Å². The Morgan fingerprint density at radius 3 is 0.985 bits per heavy atom. The highest BCUT2D eigenvalue weighted by atomic mass is 79.9. The molecule has 5 aromatic rings. The van der Waals surface area contributed by atoms with Gasteiger partial charge in [-0.2, -0.15) is 0 Å². The summed E-state index contributed by atoms with van der Waals surface area (Å²) < 4.78 is 34.4. The van der Waals surface area contributed by atoms with Gasteiger partial charge in [-0.1, -0.05) is 117 Å². The lowest BCUT2D eigenvalue weighted by Crippen LogP contribution is -2.11. The fourth-order valence-electron chi connectivity index (χ4n) is 7.18. The summed E-state index contributed by atoms with van der Waals surface area (Å²) in [5.74, 6) is -0.284. The number of hydrogen-bond donors (Lipinski definition) is 0. The van der Waals surface area contributed by atoms with Crippen LogP contribution in [0.2, 0.25) is 0 Å². The van der Waals surface area contributed by atoms with E-state index in [0.717, 1.165) is 25.7 Å². The Hall–Kier alpha value is -5.94. The van der Waals surface area contributed by atoms with Crippen molar-refractivity contribution in [3.63, 3.8) is 0 Å². The smallest absolute Gasteiger partial charge is 0.343 e. The number of halogens is 1. The molecule has 0 amide bonds. The number of hydrogen-bond acceptors (Lipinski definition) is 10. The molecule has 0 spiro atoms. The van der Waals surface area contributed by atoms with Gasteiger partial charge in [-0.3, -0.25) is 0 Å². The van der Waals surface area contributed by atoms with Crippen LogP contribution in [0.3, 0.4) is 0 Å². The quantitative estimate of drug-likeness (QED) is 0.0250. The minimum absolute atomic E-state index is 0.118. The third-order valence-electron chi connectivity index (χ3n) is 11.1. The SMILES string of the molecule is CCCCCCCCCCCOc1ccc(C(=O)Oc2ccc(C(=O)Oc3ccc(Br)c(OC(=O)c4ccc(OC(=O)c5ccc(OCCCCCCCCCCC)cc5)cc4)c3)cc2)cc1. The summed E-state index contributed by atoms with van der Waals surface area (Å²) in [5.41, 5.74) is 1.14. The van der Waals surface area contributed by atoms with Crippen molar-refractivity contribution in [2.75, 3.05) is 13.2 Å². The first-order valence-electron chi connectivity index (χ1n) is 24.1. The van der Waals surface area contributed by atoms with Crippen molar-refractivity contribution in [3.8, 4) is 34.5 Å². The number of carbonyl (C=O) groups is 4. The predicted octanol–water partition coefficient (Wildman–Crippen LogP) is 15.1. The van der Waals surface area contributed by atoms with Gasteiger partial charge in [0.15, 0.2) is 0 Å². The first-order chi connectivity index (χ1) is 32.7. The van der Waals surface area contributed by atoms with Crippen LogP contribution >= 0.6 is 15.9 Å². The molecule has 0 bridgehead atoms. The second-order valence-corrected chi connectivity index (χ2v) is 17.5. The predicted molar refractivity (Wildman–Crippen MR) is 265 cm³/mol. The second kappa shape index (κ2) is 29.6. The fourth-order valence-corrected chi connectivity index (χ4v) is 7.51. The van der Waals surface area contributed by atoms with E-state index in [0.29, 0.717) is 40.3 Å². The molecule has 0 aliphatic rings. The van der Waals surface area contributed by atoms with Gasteiger partial charge in [-0.15, -0.1) is 0 Å². The average molecular weight is 978 g/mol. The van der Waals surface area contributed by atoms with E-state index in [2.05, 4.69) is 29.8 Å². The number of unbranched alkanes of at least 4 members (excludes halogenated alkanes) is 16. The van der Waals surface area contributed by atoms with Crippen LogP contribution in [0.5, 0.6) is 34.5 Å². The molecule has 10 nitrogen and oxygen atoms in total. The molecule has 11 heteroatoms. The third kappa shape index (κ3) is 19.1. The van der Waals surface area contributed by atoms with Gasteiger partial charge in [-0.25, -0.2) is 19.2 Å². The van der Waals surface area contributed by atoms with Gasteiger partial charge in [0, 0.05) is 6.07 Å². The Kier molecular flexibility index (Phi) is 23.0. The van der Waals surface area contributed by atoms with E-state index in [1.165, 1.54) is 144 Å². The van der Waals surface area contributed by atoms with Crippen LogP contribution in [0.4, 0.5) is 0 Å². The van der Waals surface area contributed by atoms with Gasteiger partial charge < -0.3 is 28.4 Å². The molecular formula is C56H65BrO10. The molecule has 0 heterocycles. The zero-order valence-corrected chi connectivity index (χ0v) is 40.7. The molecule has 5 rings (SSSR count). The molecule has 0 unspecified atom stereocenters. The molecule has 0 aliphatic carbocycles.